The number of unbranched alkanes of at least 4 members (excludes halogenated alkanes) is 2. The van der Waals surface area contributed by atoms with E-state index in [2.05, 4.69) is 25.2 Å². The van der Waals surface area contributed by atoms with E-state index in [0.717, 1.165) is 18.1 Å². The zero-order chi connectivity index (χ0) is 11.3. The first-order chi connectivity index (χ1) is 7.15. The van der Waals surface area contributed by atoms with Crippen LogP contribution in [0, 0.1) is 13.8 Å². The van der Waals surface area contributed by atoms with Crippen LogP contribution < -0.4 is 5.32 Å². The molecule has 2 heteroatoms. The van der Waals surface area contributed by atoms with Crippen LogP contribution in [0.3, 0.4) is 0 Å². The molecule has 0 bridgehead atoms. The second-order valence-corrected chi connectivity index (χ2v) is 4.25. The van der Waals surface area contributed by atoms with E-state index >= 15 is 0 Å². The van der Waals surface area contributed by atoms with Gasteiger partial charge in [0.05, 0.1) is 0 Å². The van der Waals surface area contributed by atoms with E-state index in [1.807, 2.05) is 13.8 Å². The highest BCUT2D eigenvalue weighted by Gasteiger charge is 2.11. The third-order valence-corrected chi connectivity index (χ3v) is 2.78. The van der Waals surface area contributed by atoms with Gasteiger partial charge in [-0.15, -0.1) is 0 Å². The van der Waals surface area contributed by atoms with Crippen molar-refractivity contribution in [2.75, 3.05) is 6.54 Å². The average molecular weight is 209 g/mol. The molecule has 1 aromatic rings. The van der Waals surface area contributed by atoms with Crippen molar-refractivity contribution in [1.82, 2.24) is 5.32 Å². The molecule has 1 rings (SSSR count). The second-order valence-electron chi connectivity index (χ2n) is 4.25. The highest BCUT2D eigenvalue weighted by Crippen LogP contribution is 2.20. The van der Waals surface area contributed by atoms with Gasteiger partial charge in [-0.05, 0) is 39.8 Å². The molecule has 0 saturated heterocycles. The zero-order valence-corrected chi connectivity index (χ0v) is 10.4. The lowest BCUT2D eigenvalue weighted by atomic mass is 10.1. The summed E-state index contributed by atoms with van der Waals surface area (Å²) in [4.78, 5) is 0. The van der Waals surface area contributed by atoms with E-state index in [9.17, 15) is 0 Å². The largest absolute Gasteiger partial charge is 0.466 e. The van der Waals surface area contributed by atoms with Gasteiger partial charge in [-0.2, -0.15) is 0 Å². The van der Waals surface area contributed by atoms with Crippen molar-refractivity contribution in [3.63, 3.8) is 0 Å². The molecule has 0 saturated carbocycles. The molecule has 0 aliphatic rings. The predicted molar refractivity (Wildman–Crippen MR) is 64.1 cm³/mol. The maximum absolute atomic E-state index is 5.52. The standard InChI is InChI=1S/C13H23NO/c1-5-6-7-8-14-11(3)13-9-10(2)15-12(13)4/h9,11,14H,5-8H2,1-4H3. The number of hydrogen-bond donors (Lipinski definition) is 1. The molecular weight excluding hydrogens is 186 g/mol. The van der Waals surface area contributed by atoms with E-state index in [1.165, 1.54) is 24.8 Å². The first-order valence-corrected chi connectivity index (χ1v) is 5.95. The summed E-state index contributed by atoms with van der Waals surface area (Å²) >= 11 is 0. The van der Waals surface area contributed by atoms with Gasteiger partial charge in [0.15, 0.2) is 0 Å². The zero-order valence-electron chi connectivity index (χ0n) is 10.4. The normalized spacial score (nSPS) is 13.1. The number of hydrogen-bond acceptors (Lipinski definition) is 2. The molecule has 15 heavy (non-hydrogen) atoms. The van der Waals surface area contributed by atoms with E-state index in [1.54, 1.807) is 0 Å². The average Bonchev–Trinajstić information content (AvgIpc) is 2.52. The van der Waals surface area contributed by atoms with Gasteiger partial charge in [0.1, 0.15) is 11.5 Å². The fourth-order valence-corrected chi connectivity index (χ4v) is 1.88. The maximum Gasteiger partial charge on any atom is 0.105 e. The summed E-state index contributed by atoms with van der Waals surface area (Å²) in [6.45, 7) is 9.56. The third-order valence-electron chi connectivity index (χ3n) is 2.78. The summed E-state index contributed by atoms with van der Waals surface area (Å²) in [5.74, 6) is 2.05. The Morgan fingerprint density at radius 3 is 2.60 bits per heavy atom. The highest BCUT2D eigenvalue weighted by molar-refractivity contribution is 5.23. The molecule has 0 aliphatic heterocycles. The Bertz CT molecular complexity index is 291. The molecule has 86 valence electrons. The molecule has 0 amide bonds. The Balaban J connectivity index is 2.39. The van der Waals surface area contributed by atoms with Crippen LogP contribution in [0.1, 0.15) is 56.2 Å². The first-order valence-electron chi connectivity index (χ1n) is 5.95. The lowest BCUT2D eigenvalue weighted by Crippen LogP contribution is -2.19. The van der Waals surface area contributed by atoms with Crippen LogP contribution in [0.25, 0.3) is 0 Å². The van der Waals surface area contributed by atoms with E-state index in [4.69, 9.17) is 4.42 Å². The minimum absolute atomic E-state index is 0.402. The van der Waals surface area contributed by atoms with Crippen LogP contribution >= 0.6 is 0 Å². The number of rotatable bonds is 6. The fourth-order valence-electron chi connectivity index (χ4n) is 1.88. The highest BCUT2D eigenvalue weighted by atomic mass is 16.3. The van der Waals surface area contributed by atoms with E-state index in [-0.39, 0.29) is 0 Å². The van der Waals surface area contributed by atoms with Crippen molar-refractivity contribution in [3.8, 4) is 0 Å². The molecular formula is C13H23NO. The van der Waals surface area contributed by atoms with Gasteiger partial charge in [-0.25, -0.2) is 0 Å². The van der Waals surface area contributed by atoms with Gasteiger partial charge >= 0.3 is 0 Å². The molecule has 0 aliphatic carbocycles. The van der Waals surface area contributed by atoms with Gasteiger partial charge in [0, 0.05) is 11.6 Å². The Hall–Kier alpha value is -0.760. The van der Waals surface area contributed by atoms with Gasteiger partial charge in [0.25, 0.3) is 0 Å². The molecule has 0 aromatic carbocycles. The van der Waals surface area contributed by atoms with Gasteiger partial charge in [-0.3, -0.25) is 0 Å². The summed E-state index contributed by atoms with van der Waals surface area (Å²) < 4.78 is 5.52. The Morgan fingerprint density at radius 1 is 1.33 bits per heavy atom. The molecule has 1 N–H and O–H groups in total. The van der Waals surface area contributed by atoms with Gasteiger partial charge in [0.2, 0.25) is 0 Å². The predicted octanol–water partition coefficient (Wildman–Crippen LogP) is 3.74. The summed E-state index contributed by atoms with van der Waals surface area (Å²) in [6.07, 6.45) is 3.85. The topological polar surface area (TPSA) is 25.2 Å². The molecule has 0 fully saturated rings. The van der Waals surface area contributed by atoms with Crippen LogP contribution in [0.5, 0.6) is 0 Å². The van der Waals surface area contributed by atoms with Crippen LogP contribution in [-0.4, -0.2) is 6.54 Å². The lowest BCUT2D eigenvalue weighted by Gasteiger charge is -2.12. The van der Waals surface area contributed by atoms with Crippen molar-refractivity contribution in [3.05, 3.63) is 23.2 Å². The Kier molecular flexibility index (Phi) is 4.89. The molecule has 1 heterocycles. The van der Waals surface area contributed by atoms with Crippen LogP contribution in [0.4, 0.5) is 0 Å². The summed E-state index contributed by atoms with van der Waals surface area (Å²) in [5.41, 5.74) is 1.30. The van der Waals surface area contributed by atoms with Crippen LogP contribution in [0.2, 0.25) is 0 Å². The Morgan fingerprint density at radius 2 is 2.07 bits per heavy atom. The quantitative estimate of drug-likeness (QED) is 0.722. The third kappa shape index (κ3) is 3.71. The minimum Gasteiger partial charge on any atom is -0.466 e. The second kappa shape index (κ2) is 5.96. The minimum atomic E-state index is 0.402. The van der Waals surface area contributed by atoms with Crippen molar-refractivity contribution < 1.29 is 4.42 Å². The van der Waals surface area contributed by atoms with Crippen molar-refractivity contribution >= 4 is 0 Å². The monoisotopic (exact) mass is 209 g/mol. The number of furan rings is 1. The maximum atomic E-state index is 5.52. The molecule has 1 aromatic heterocycles. The molecule has 2 nitrogen and oxygen atoms in total. The van der Waals surface area contributed by atoms with E-state index < -0.39 is 0 Å². The Labute approximate surface area is 93.1 Å². The number of nitrogens with one attached hydrogen (secondary N) is 1. The molecule has 1 atom stereocenters. The summed E-state index contributed by atoms with van der Waals surface area (Å²) in [7, 11) is 0. The summed E-state index contributed by atoms with van der Waals surface area (Å²) in [6, 6.07) is 2.53. The number of aryl methyl sites for hydroxylation is 2. The van der Waals surface area contributed by atoms with Crippen LogP contribution in [0.15, 0.2) is 10.5 Å². The van der Waals surface area contributed by atoms with Crippen molar-refractivity contribution in [1.29, 1.82) is 0 Å². The van der Waals surface area contributed by atoms with Crippen molar-refractivity contribution in [2.45, 2.75) is 53.0 Å². The molecule has 1 unspecified atom stereocenters. The lowest BCUT2D eigenvalue weighted by molar-refractivity contribution is 0.487. The van der Waals surface area contributed by atoms with E-state index in [0.29, 0.717) is 6.04 Å². The van der Waals surface area contributed by atoms with Crippen LogP contribution in [-0.2, 0) is 0 Å². The van der Waals surface area contributed by atoms with Gasteiger partial charge < -0.3 is 9.73 Å². The molecule has 0 radical (unpaired) electrons. The first kappa shape index (κ1) is 12.3. The smallest absolute Gasteiger partial charge is 0.105 e. The molecule has 0 spiro atoms. The summed E-state index contributed by atoms with van der Waals surface area (Å²) in [5, 5.41) is 3.53. The van der Waals surface area contributed by atoms with Gasteiger partial charge in [-0.1, -0.05) is 19.8 Å². The SMILES string of the molecule is CCCCCNC(C)c1cc(C)oc1C. The van der Waals surface area contributed by atoms with Crippen molar-refractivity contribution in [2.24, 2.45) is 0 Å². The fraction of sp³-hybridized carbons (Fsp3) is 0.692.